The zero-order valence-corrected chi connectivity index (χ0v) is 11.8. The van der Waals surface area contributed by atoms with Crippen molar-refractivity contribution in [2.75, 3.05) is 0 Å². The van der Waals surface area contributed by atoms with E-state index in [0.29, 0.717) is 5.56 Å². The molecule has 1 aliphatic rings. The van der Waals surface area contributed by atoms with E-state index in [1.54, 1.807) is 12.1 Å². The van der Waals surface area contributed by atoms with Crippen LogP contribution in [0.2, 0.25) is 0 Å². The number of phenols is 1. The summed E-state index contributed by atoms with van der Waals surface area (Å²) in [6, 6.07) is 4.91. The molecule has 2 rings (SSSR count). The van der Waals surface area contributed by atoms with Gasteiger partial charge in [0, 0.05) is 10.0 Å². The number of hydrogen-bond acceptors (Lipinski definition) is 5. The first kappa shape index (κ1) is 13.7. The molecule has 0 aromatic heterocycles. The predicted octanol–water partition coefficient (Wildman–Crippen LogP) is 1.65. The largest absolute Gasteiger partial charge is 0.507 e. The zero-order valence-electron chi connectivity index (χ0n) is 9.42. The summed E-state index contributed by atoms with van der Waals surface area (Å²) in [4.78, 5) is 11.2. The zero-order chi connectivity index (χ0) is 13.8. The fraction of sp³-hybridized carbons (Fsp3) is 0.0909. The summed E-state index contributed by atoms with van der Waals surface area (Å²) >= 11 is 9.08. The lowest BCUT2D eigenvalue weighted by Crippen LogP contribution is -2.38. The summed E-state index contributed by atoms with van der Waals surface area (Å²) in [5.74, 6) is -0.381. The van der Waals surface area contributed by atoms with Gasteiger partial charge in [0.2, 0.25) is 0 Å². The van der Waals surface area contributed by atoms with Crippen LogP contribution < -0.4 is 5.43 Å². The van der Waals surface area contributed by atoms with Crippen LogP contribution in [-0.4, -0.2) is 34.5 Å². The first-order chi connectivity index (χ1) is 9.08. The second-order valence-electron chi connectivity index (χ2n) is 3.57. The molecule has 0 fully saturated rings. The lowest BCUT2D eigenvalue weighted by Gasteiger charge is -2.10. The Kier molecular flexibility index (Phi) is 4.28. The van der Waals surface area contributed by atoms with E-state index < -0.39 is 11.3 Å². The van der Waals surface area contributed by atoms with Crippen LogP contribution in [0.4, 0.5) is 0 Å². The van der Waals surface area contributed by atoms with Gasteiger partial charge in [-0.05, 0) is 18.2 Å². The molecule has 1 atom stereocenters. The van der Waals surface area contributed by atoms with Gasteiger partial charge in [-0.25, -0.2) is 5.43 Å². The number of rotatable bonds is 2. The molecule has 1 unspecified atom stereocenters. The minimum absolute atomic E-state index is 0.0737. The number of phenolic OH excluding ortho intramolecular Hbond substituents is 1. The van der Waals surface area contributed by atoms with Crippen LogP contribution in [-0.2, 0) is 4.79 Å². The van der Waals surface area contributed by atoms with Crippen LogP contribution in [0.3, 0.4) is 0 Å². The van der Waals surface area contributed by atoms with Gasteiger partial charge in [-0.2, -0.15) is 15.3 Å². The molecule has 0 bridgehead atoms. The quantitative estimate of drug-likeness (QED) is 0.486. The molecule has 0 aliphatic carbocycles. The number of carbonyl (C=O) groups excluding carboxylic acids is 1. The van der Waals surface area contributed by atoms with Gasteiger partial charge in [-0.1, -0.05) is 15.9 Å². The summed E-state index contributed by atoms with van der Waals surface area (Å²) in [5.41, 5.74) is 2.93. The number of halogens is 2. The number of benzene rings is 1. The Morgan fingerprint density at radius 3 is 3.11 bits per heavy atom. The smallest absolute Gasteiger partial charge is 0.264 e. The highest BCUT2D eigenvalue weighted by Crippen LogP contribution is 2.20. The molecule has 0 saturated carbocycles. The molecule has 0 spiro atoms. The predicted molar refractivity (Wildman–Crippen MR) is 77.1 cm³/mol. The molecule has 8 heteroatoms. The minimum atomic E-state index is -0.925. The lowest BCUT2D eigenvalue weighted by atomic mass is 10.2. The topological polar surface area (TPSA) is 86.4 Å². The highest BCUT2D eigenvalue weighted by molar-refractivity contribution is 9.10. The number of nitrogens with zero attached hydrogens (tertiary/aromatic N) is 3. The molecule has 1 aromatic rings. The van der Waals surface area contributed by atoms with E-state index >= 15 is 0 Å². The number of carbonyl (C=O) groups is 1. The summed E-state index contributed by atoms with van der Waals surface area (Å²) in [6.45, 7) is 0. The number of amides is 1. The van der Waals surface area contributed by atoms with E-state index in [4.69, 9.17) is 11.6 Å². The molecular weight excluding hydrogens is 336 g/mol. The van der Waals surface area contributed by atoms with Crippen LogP contribution in [0.25, 0.3) is 0 Å². The van der Waals surface area contributed by atoms with Crippen molar-refractivity contribution in [2.24, 2.45) is 15.3 Å². The van der Waals surface area contributed by atoms with E-state index in [9.17, 15) is 9.90 Å². The summed E-state index contributed by atoms with van der Waals surface area (Å²) in [6.07, 6.45) is 2.67. The van der Waals surface area contributed by atoms with Gasteiger partial charge < -0.3 is 5.11 Å². The normalized spacial score (nSPS) is 21.1. The second-order valence-corrected chi connectivity index (χ2v) is 4.92. The Balaban J connectivity index is 2.19. The van der Waals surface area contributed by atoms with Crippen molar-refractivity contribution < 1.29 is 9.90 Å². The first-order valence-electron chi connectivity index (χ1n) is 5.14. The Morgan fingerprint density at radius 2 is 2.32 bits per heavy atom. The highest BCUT2D eigenvalue weighted by atomic mass is 79.9. The van der Waals surface area contributed by atoms with E-state index in [-0.39, 0.29) is 11.5 Å². The summed E-state index contributed by atoms with van der Waals surface area (Å²) in [5, 5.41) is 19.8. The Labute approximate surface area is 122 Å². The van der Waals surface area contributed by atoms with Crippen molar-refractivity contribution in [3.8, 4) is 5.75 Å². The van der Waals surface area contributed by atoms with Crippen LogP contribution in [0.5, 0.6) is 5.75 Å². The molecule has 2 N–H and O–H groups in total. The Hall–Kier alpha value is -1.73. The van der Waals surface area contributed by atoms with Crippen LogP contribution in [0.1, 0.15) is 5.56 Å². The average Bonchev–Trinajstić information content (AvgIpc) is 2.38. The fourth-order valence-corrected chi connectivity index (χ4v) is 1.81. The number of nitrogens with one attached hydrogen (secondary N) is 1. The second kappa shape index (κ2) is 5.94. The van der Waals surface area contributed by atoms with Crippen LogP contribution in [0, 0.1) is 0 Å². The number of hydrogen-bond donors (Lipinski definition) is 2. The van der Waals surface area contributed by atoms with Crippen molar-refractivity contribution in [3.05, 3.63) is 28.2 Å². The molecular formula is C11H8BrClN4O2. The highest BCUT2D eigenvalue weighted by Gasteiger charge is 2.23. The van der Waals surface area contributed by atoms with Gasteiger partial charge in [-0.15, -0.1) is 11.6 Å². The van der Waals surface area contributed by atoms with Gasteiger partial charge >= 0.3 is 0 Å². The molecule has 1 aliphatic heterocycles. The van der Waals surface area contributed by atoms with Gasteiger partial charge in [0.1, 0.15) is 11.5 Å². The monoisotopic (exact) mass is 342 g/mol. The summed E-state index contributed by atoms with van der Waals surface area (Å²) in [7, 11) is 0. The third kappa shape index (κ3) is 3.39. The van der Waals surface area contributed by atoms with Crippen molar-refractivity contribution in [1.29, 1.82) is 0 Å². The molecule has 1 amide bonds. The Morgan fingerprint density at radius 1 is 1.53 bits per heavy atom. The maximum absolute atomic E-state index is 11.2. The fourth-order valence-electron chi connectivity index (χ4n) is 1.28. The first-order valence-corrected chi connectivity index (χ1v) is 6.37. The van der Waals surface area contributed by atoms with Crippen molar-refractivity contribution in [3.63, 3.8) is 0 Å². The minimum Gasteiger partial charge on any atom is -0.507 e. The lowest BCUT2D eigenvalue weighted by molar-refractivity contribution is -0.119. The van der Waals surface area contributed by atoms with Gasteiger partial charge in [-0.3, -0.25) is 4.79 Å². The summed E-state index contributed by atoms with van der Waals surface area (Å²) < 4.78 is 0.799. The van der Waals surface area contributed by atoms with Crippen molar-refractivity contribution in [2.45, 2.75) is 5.38 Å². The Bertz CT molecular complexity index is 600. The standard InChI is InChI=1S/C11H8BrClN4O2/c12-7-1-2-9(18)6(3-7)4-14-16-8-5-15-17-11(19)10(8)13/h1-5,10,18H,(H,17,19)/b14-4-,16-8-. The maximum Gasteiger partial charge on any atom is 0.264 e. The molecule has 1 aromatic carbocycles. The number of hydrazone groups is 1. The SMILES string of the molecule is O=C1NN=C/C(=N/N=C\c2cc(Br)ccc2O)C1Cl. The van der Waals surface area contributed by atoms with E-state index in [2.05, 4.69) is 36.7 Å². The van der Waals surface area contributed by atoms with Crippen LogP contribution in [0.15, 0.2) is 38.0 Å². The average molecular weight is 344 g/mol. The van der Waals surface area contributed by atoms with Crippen LogP contribution >= 0.6 is 27.5 Å². The molecule has 0 saturated heterocycles. The molecule has 6 nitrogen and oxygen atoms in total. The molecule has 19 heavy (non-hydrogen) atoms. The van der Waals surface area contributed by atoms with E-state index in [1.807, 2.05) is 0 Å². The van der Waals surface area contributed by atoms with E-state index in [1.165, 1.54) is 18.5 Å². The third-order valence-electron chi connectivity index (χ3n) is 2.22. The molecule has 1 heterocycles. The number of aromatic hydroxyl groups is 1. The van der Waals surface area contributed by atoms with Gasteiger partial charge in [0.05, 0.1) is 12.4 Å². The van der Waals surface area contributed by atoms with Crippen molar-refractivity contribution in [1.82, 2.24) is 5.43 Å². The van der Waals surface area contributed by atoms with Gasteiger partial charge in [0.15, 0.2) is 5.38 Å². The van der Waals surface area contributed by atoms with E-state index in [0.717, 1.165) is 4.47 Å². The third-order valence-corrected chi connectivity index (χ3v) is 3.14. The van der Waals surface area contributed by atoms with Crippen molar-refractivity contribution >= 4 is 51.6 Å². The van der Waals surface area contributed by atoms with Gasteiger partial charge in [0.25, 0.3) is 5.91 Å². The number of alkyl halides is 1. The molecule has 98 valence electrons. The maximum atomic E-state index is 11.2. The molecule has 0 radical (unpaired) electrons.